The van der Waals surface area contributed by atoms with Crippen molar-refractivity contribution in [2.24, 2.45) is 10.9 Å². The van der Waals surface area contributed by atoms with E-state index in [9.17, 15) is 4.79 Å². The Morgan fingerprint density at radius 3 is 2.94 bits per heavy atom. The summed E-state index contributed by atoms with van der Waals surface area (Å²) in [5.41, 5.74) is 5.27. The predicted octanol–water partition coefficient (Wildman–Crippen LogP) is -1.27. The SMILES string of the molecule is CC1COC(CO)CN1C(=O)CC(N)=NO. The average molecular weight is 231 g/mol. The van der Waals surface area contributed by atoms with Crippen molar-refractivity contribution >= 4 is 11.7 Å². The van der Waals surface area contributed by atoms with Crippen LogP contribution in [0.5, 0.6) is 0 Å². The minimum atomic E-state index is -0.354. The zero-order valence-corrected chi connectivity index (χ0v) is 9.17. The van der Waals surface area contributed by atoms with Gasteiger partial charge in [-0.05, 0) is 6.92 Å². The average Bonchev–Trinajstić information content (AvgIpc) is 2.29. The largest absolute Gasteiger partial charge is 0.409 e. The normalized spacial score (nSPS) is 26.9. The Labute approximate surface area is 93.5 Å². The Kier molecular flexibility index (Phi) is 4.51. The number of carbonyl (C=O) groups is 1. The molecule has 0 aromatic heterocycles. The van der Waals surface area contributed by atoms with Crippen molar-refractivity contribution in [1.29, 1.82) is 0 Å². The predicted molar refractivity (Wildman–Crippen MR) is 56.0 cm³/mol. The molecule has 1 amide bonds. The van der Waals surface area contributed by atoms with Crippen LogP contribution in [0.25, 0.3) is 0 Å². The second-order valence-corrected chi connectivity index (χ2v) is 3.80. The Morgan fingerprint density at radius 1 is 1.69 bits per heavy atom. The molecule has 1 heterocycles. The molecule has 4 N–H and O–H groups in total. The van der Waals surface area contributed by atoms with Gasteiger partial charge in [0.05, 0.1) is 31.8 Å². The first-order valence-electron chi connectivity index (χ1n) is 5.06. The fourth-order valence-corrected chi connectivity index (χ4v) is 1.57. The molecular weight excluding hydrogens is 214 g/mol. The fourth-order valence-electron chi connectivity index (χ4n) is 1.57. The summed E-state index contributed by atoms with van der Waals surface area (Å²) in [6.07, 6.45) is -0.480. The van der Waals surface area contributed by atoms with E-state index < -0.39 is 0 Å². The number of oxime groups is 1. The highest BCUT2D eigenvalue weighted by Gasteiger charge is 2.29. The number of carbonyl (C=O) groups excluding carboxylic acids is 1. The van der Waals surface area contributed by atoms with E-state index >= 15 is 0 Å². The number of morpholine rings is 1. The van der Waals surface area contributed by atoms with Crippen LogP contribution in [-0.4, -0.2) is 58.9 Å². The summed E-state index contributed by atoms with van der Waals surface area (Å²) in [5.74, 6) is -0.353. The van der Waals surface area contributed by atoms with Crippen LogP contribution >= 0.6 is 0 Å². The molecular formula is C9H17N3O4. The van der Waals surface area contributed by atoms with Crippen LogP contribution in [-0.2, 0) is 9.53 Å². The van der Waals surface area contributed by atoms with Crippen molar-refractivity contribution in [1.82, 2.24) is 4.90 Å². The molecule has 1 aliphatic heterocycles. The van der Waals surface area contributed by atoms with Crippen LogP contribution in [0, 0.1) is 0 Å². The number of aliphatic hydroxyl groups excluding tert-OH is 1. The van der Waals surface area contributed by atoms with Gasteiger partial charge < -0.3 is 25.7 Å². The topological polar surface area (TPSA) is 108 Å². The maximum atomic E-state index is 11.8. The van der Waals surface area contributed by atoms with Crippen molar-refractivity contribution in [3.63, 3.8) is 0 Å². The summed E-state index contributed by atoms with van der Waals surface area (Å²) in [5, 5.41) is 20.1. The molecule has 0 aliphatic carbocycles. The number of aliphatic hydroxyl groups is 1. The summed E-state index contributed by atoms with van der Waals surface area (Å²) in [6.45, 7) is 2.43. The van der Waals surface area contributed by atoms with E-state index in [1.807, 2.05) is 6.92 Å². The third kappa shape index (κ3) is 3.07. The minimum absolute atomic E-state index is 0.0678. The van der Waals surface area contributed by atoms with Gasteiger partial charge in [-0.2, -0.15) is 0 Å². The number of rotatable bonds is 3. The highest BCUT2D eigenvalue weighted by atomic mass is 16.5. The summed E-state index contributed by atoms with van der Waals surface area (Å²) in [7, 11) is 0. The first-order valence-corrected chi connectivity index (χ1v) is 5.06. The number of hydrogen-bond acceptors (Lipinski definition) is 5. The lowest BCUT2D eigenvalue weighted by Gasteiger charge is -2.37. The molecule has 1 rings (SSSR count). The Bertz CT molecular complexity index is 282. The number of nitrogens with two attached hydrogens (primary N) is 1. The van der Waals surface area contributed by atoms with E-state index in [0.717, 1.165) is 0 Å². The van der Waals surface area contributed by atoms with E-state index in [0.29, 0.717) is 13.2 Å². The minimum Gasteiger partial charge on any atom is -0.409 e. The van der Waals surface area contributed by atoms with Gasteiger partial charge in [-0.1, -0.05) is 5.16 Å². The zero-order valence-electron chi connectivity index (χ0n) is 9.17. The molecule has 0 aromatic rings. The van der Waals surface area contributed by atoms with Crippen molar-refractivity contribution in [2.45, 2.75) is 25.5 Å². The van der Waals surface area contributed by atoms with E-state index in [2.05, 4.69) is 5.16 Å². The molecule has 2 unspecified atom stereocenters. The Morgan fingerprint density at radius 2 is 2.38 bits per heavy atom. The molecule has 7 nitrogen and oxygen atoms in total. The summed E-state index contributed by atoms with van der Waals surface area (Å²) < 4.78 is 5.30. The van der Waals surface area contributed by atoms with E-state index in [1.165, 1.54) is 0 Å². The number of ether oxygens (including phenoxy) is 1. The molecule has 2 atom stereocenters. The molecule has 7 heteroatoms. The monoisotopic (exact) mass is 231 g/mol. The van der Waals surface area contributed by atoms with Gasteiger partial charge in [0.15, 0.2) is 0 Å². The molecule has 0 spiro atoms. The Balaban J connectivity index is 2.58. The standard InChI is InChI=1S/C9H17N3O4/c1-6-5-16-7(4-13)3-12(6)9(14)2-8(10)11-15/h6-7,13,15H,2-5H2,1H3,(H2,10,11). The lowest BCUT2D eigenvalue weighted by Crippen LogP contribution is -2.52. The van der Waals surface area contributed by atoms with E-state index in [1.54, 1.807) is 4.90 Å². The summed E-state index contributed by atoms with van der Waals surface area (Å²) in [6, 6.07) is -0.0678. The fraction of sp³-hybridized carbons (Fsp3) is 0.778. The van der Waals surface area contributed by atoms with Crippen LogP contribution in [0.2, 0.25) is 0 Å². The number of amides is 1. The van der Waals surface area contributed by atoms with Gasteiger partial charge in [0.25, 0.3) is 0 Å². The molecule has 92 valence electrons. The lowest BCUT2D eigenvalue weighted by atomic mass is 10.2. The molecule has 1 aliphatic rings. The zero-order chi connectivity index (χ0) is 12.1. The summed E-state index contributed by atoms with van der Waals surface area (Å²) >= 11 is 0. The highest BCUT2D eigenvalue weighted by molar-refractivity contribution is 5.98. The van der Waals surface area contributed by atoms with Crippen molar-refractivity contribution in [3.8, 4) is 0 Å². The lowest BCUT2D eigenvalue weighted by molar-refractivity contribution is -0.144. The first-order chi connectivity index (χ1) is 7.58. The molecule has 0 radical (unpaired) electrons. The van der Waals surface area contributed by atoms with Crippen LogP contribution in [0.1, 0.15) is 13.3 Å². The van der Waals surface area contributed by atoms with Crippen LogP contribution < -0.4 is 5.73 Å². The Hall–Kier alpha value is -1.34. The van der Waals surface area contributed by atoms with E-state index in [-0.39, 0.29) is 36.9 Å². The van der Waals surface area contributed by atoms with Gasteiger partial charge in [-0.15, -0.1) is 0 Å². The smallest absolute Gasteiger partial charge is 0.230 e. The van der Waals surface area contributed by atoms with Crippen LogP contribution in [0.15, 0.2) is 5.16 Å². The first kappa shape index (κ1) is 12.7. The maximum Gasteiger partial charge on any atom is 0.230 e. The highest BCUT2D eigenvalue weighted by Crippen LogP contribution is 2.12. The molecule has 0 saturated carbocycles. The van der Waals surface area contributed by atoms with Gasteiger partial charge in [-0.3, -0.25) is 4.79 Å². The second kappa shape index (κ2) is 5.66. The van der Waals surface area contributed by atoms with Crippen molar-refractivity contribution in [2.75, 3.05) is 19.8 Å². The van der Waals surface area contributed by atoms with Crippen LogP contribution in [0.4, 0.5) is 0 Å². The number of amidine groups is 1. The molecule has 1 saturated heterocycles. The summed E-state index contributed by atoms with van der Waals surface area (Å²) in [4.78, 5) is 13.3. The third-order valence-electron chi connectivity index (χ3n) is 2.49. The molecule has 16 heavy (non-hydrogen) atoms. The van der Waals surface area contributed by atoms with Crippen molar-refractivity contribution < 1.29 is 19.8 Å². The third-order valence-corrected chi connectivity index (χ3v) is 2.49. The second-order valence-electron chi connectivity index (χ2n) is 3.80. The van der Waals surface area contributed by atoms with Gasteiger partial charge in [0.2, 0.25) is 5.91 Å². The molecule has 0 bridgehead atoms. The van der Waals surface area contributed by atoms with Gasteiger partial charge in [0, 0.05) is 6.54 Å². The van der Waals surface area contributed by atoms with Crippen molar-refractivity contribution in [3.05, 3.63) is 0 Å². The molecule has 1 fully saturated rings. The van der Waals surface area contributed by atoms with Gasteiger partial charge in [0.1, 0.15) is 5.84 Å². The quantitative estimate of drug-likeness (QED) is 0.243. The van der Waals surface area contributed by atoms with Crippen LogP contribution in [0.3, 0.4) is 0 Å². The molecule has 0 aromatic carbocycles. The van der Waals surface area contributed by atoms with Gasteiger partial charge >= 0.3 is 0 Å². The maximum absolute atomic E-state index is 11.8. The van der Waals surface area contributed by atoms with Gasteiger partial charge in [-0.25, -0.2) is 0 Å². The number of nitrogens with zero attached hydrogens (tertiary/aromatic N) is 2. The van der Waals surface area contributed by atoms with E-state index in [4.69, 9.17) is 20.8 Å². The number of hydrogen-bond donors (Lipinski definition) is 3.